The summed E-state index contributed by atoms with van der Waals surface area (Å²) in [6, 6.07) is 10.1. The quantitative estimate of drug-likeness (QED) is 0.604. The maximum Gasteiger partial charge on any atom is 0.255 e. The molecule has 0 saturated heterocycles. The van der Waals surface area contributed by atoms with Crippen LogP contribution in [0.3, 0.4) is 0 Å². The van der Waals surface area contributed by atoms with Gasteiger partial charge in [0.1, 0.15) is 11.5 Å². The van der Waals surface area contributed by atoms with Crippen LogP contribution in [0.2, 0.25) is 0 Å². The highest BCUT2D eigenvalue weighted by molar-refractivity contribution is 7.89. The molecule has 0 fully saturated rings. The molecule has 0 bridgehead atoms. The number of nitrogens with two attached hydrogens (primary N) is 1. The van der Waals surface area contributed by atoms with Gasteiger partial charge < -0.3 is 20.5 Å². The second-order valence-electron chi connectivity index (χ2n) is 5.37. The van der Waals surface area contributed by atoms with Gasteiger partial charge in [-0.1, -0.05) is 0 Å². The molecule has 27 heavy (non-hydrogen) atoms. The number of rotatable bonds is 8. The molecule has 0 spiro atoms. The normalized spacial score (nSPS) is 10.9. The lowest BCUT2D eigenvalue weighted by Crippen LogP contribution is -2.33. The summed E-state index contributed by atoms with van der Waals surface area (Å²) in [4.78, 5) is 23.0. The Morgan fingerprint density at radius 3 is 2.04 bits per heavy atom. The van der Waals surface area contributed by atoms with Gasteiger partial charge in [-0.2, -0.15) is 0 Å². The van der Waals surface area contributed by atoms with Crippen LogP contribution in [-0.4, -0.2) is 41.0 Å². The van der Waals surface area contributed by atoms with Gasteiger partial charge in [0.15, 0.2) is 0 Å². The zero-order valence-corrected chi connectivity index (χ0v) is 15.5. The lowest BCUT2D eigenvalue weighted by Gasteiger charge is -2.10. The van der Waals surface area contributed by atoms with Crippen LogP contribution in [0.4, 0.5) is 5.69 Å². The topological polar surface area (TPSA) is 137 Å². The van der Waals surface area contributed by atoms with Crippen LogP contribution in [0, 0.1) is 0 Å². The number of nitrogens with one attached hydrogen (secondary N) is 2. The minimum absolute atomic E-state index is 0.0941. The van der Waals surface area contributed by atoms with E-state index in [2.05, 4.69) is 10.0 Å². The first-order valence-corrected chi connectivity index (χ1v) is 9.16. The molecule has 0 aromatic heterocycles. The monoisotopic (exact) mass is 393 g/mol. The highest BCUT2D eigenvalue weighted by atomic mass is 32.2. The van der Waals surface area contributed by atoms with E-state index >= 15 is 0 Å². The number of hydrogen-bond donors (Lipinski definition) is 3. The molecule has 0 saturated carbocycles. The molecule has 0 aliphatic carbocycles. The lowest BCUT2D eigenvalue weighted by atomic mass is 10.2. The van der Waals surface area contributed by atoms with Gasteiger partial charge in [0, 0.05) is 29.4 Å². The predicted octanol–water partition coefficient (Wildman–Crippen LogP) is 0.720. The van der Waals surface area contributed by atoms with E-state index in [1.807, 2.05) is 0 Å². The molecule has 2 amide bonds. The van der Waals surface area contributed by atoms with Crippen molar-refractivity contribution in [3.63, 3.8) is 0 Å². The fraction of sp³-hybridized carbons (Fsp3) is 0.176. The van der Waals surface area contributed by atoms with Crippen molar-refractivity contribution in [3.05, 3.63) is 48.0 Å². The van der Waals surface area contributed by atoms with Crippen LogP contribution in [0.5, 0.6) is 11.5 Å². The first-order chi connectivity index (χ1) is 12.7. The van der Waals surface area contributed by atoms with Crippen molar-refractivity contribution in [3.8, 4) is 11.5 Å². The van der Waals surface area contributed by atoms with Crippen LogP contribution in [0.25, 0.3) is 0 Å². The molecule has 4 N–H and O–H groups in total. The number of hydrogen-bond acceptors (Lipinski definition) is 6. The molecule has 2 aromatic rings. The van der Waals surface area contributed by atoms with E-state index in [-0.39, 0.29) is 10.5 Å². The summed E-state index contributed by atoms with van der Waals surface area (Å²) in [7, 11) is -0.907. The van der Waals surface area contributed by atoms with Gasteiger partial charge >= 0.3 is 0 Å². The molecular weight excluding hydrogens is 374 g/mol. The van der Waals surface area contributed by atoms with Gasteiger partial charge in [0.25, 0.3) is 5.91 Å². The third-order valence-electron chi connectivity index (χ3n) is 3.47. The van der Waals surface area contributed by atoms with Crippen molar-refractivity contribution in [1.29, 1.82) is 0 Å². The fourth-order valence-corrected chi connectivity index (χ4v) is 3.11. The molecule has 0 radical (unpaired) electrons. The lowest BCUT2D eigenvalue weighted by molar-refractivity contribution is -0.116. The van der Waals surface area contributed by atoms with Gasteiger partial charge in [0.05, 0.1) is 25.7 Å². The largest absolute Gasteiger partial charge is 0.497 e. The Labute approximate surface area is 156 Å². The number of carbonyl (C=O) groups is 2. The zero-order chi connectivity index (χ0) is 20.0. The van der Waals surface area contributed by atoms with Crippen molar-refractivity contribution in [2.45, 2.75) is 4.90 Å². The standard InChI is InChI=1S/C17H19N3O6S/c1-25-13-7-12(8-14(9-13)26-2)20-17(22)11-3-5-15(6-4-11)27(23,24)19-10-16(18)21/h3-9,19H,10H2,1-2H3,(H2,18,21)(H,20,22). The number of primary amides is 1. The van der Waals surface area contributed by atoms with E-state index in [1.165, 1.54) is 38.5 Å². The van der Waals surface area contributed by atoms with E-state index in [0.717, 1.165) is 0 Å². The Morgan fingerprint density at radius 1 is 1.00 bits per heavy atom. The molecule has 2 rings (SSSR count). The van der Waals surface area contributed by atoms with E-state index in [4.69, 9.17) is 15.2 Å². The minimum atomic E-state index is -3.89. The highest BCUT2D eigenvalue weighted by Crippen LogP contribution is 2.26. The van der Waals surface area contributed by atoms with Crippen molar-refractivity contribution < 1.29 is 27.5 Å². The summed E-state index contributed by atoms with van der Waals surface area (Å²) < 4.78 is 36.3. The molecule has 0 aliphatic rings. The van der Waals surface area contributed by atoms with Crippen LogP contribution >= 0.6 is 0 Å². The van der Waals surface area contributed by atoms with E-state index < -0.39 is 28.4 Å². The first-order valence-electron chi connectivity index (χ1n) is 7.67. The van der Waals surface area contributed by atoms with Gasteiger partial charge in [0.2, 0.25) is 15.9 Å². The second-order valence-corrected chi connectivity index (χ2v) is 7.14. The maximum atomic E-state index is 12.4. The zero-order valence-electron chi connectivity index (χ0n) is 14.7. The summed E-state index contributed by atoms with van der Waals surface area (Å²) in [6.07, 6.45) is 0. The third kappa shape index (κ3) is 5.43. The van der Waals surface area contributed by atoms with Crippen LogP contribution in [-0.2, 0) is 14.8 Å². The number of methoxy groups -OCH3 is 2. The maximum absolute atomic E-state index is 12.4. The summed E-state index contributed by atoms with van der Waals surface area (Å²) in [5.41, 5.74) is 5.62. The molecule has 10 heteroatoms. The predicted molar refractivity (Wildman–Crippen MR) is 98.3 cm³/mol. The number of amides is 2. The Morgan fingerprint density at radius 2 is 1.56 bits per heavy atom. The molecule has 9 nitrogen and oxygen atoms in total. The number of benzene rings is 2. The van der Waals surface area contributed by atoms with E-state index in [9.17, 15) is 18.0 Å². The van der Waals surface area contributed by atoms with Crippen LogP contribution in [0.15, 0.2) is 47.4 Å². The Hall–Kier alpha value is -3.11. The Balaban J connectivity index is 2.15. The smallest absolute Gasteiger partial charge is 0.255 e. The summed E-state index contributed by atoms with van der Waals surface area (Å²) in [6.45, 7) is -0.512. The second kappa shape index (κ2) is 8.52. The Kier molecular flexibility index (Phi) is 6.37. The van der Waals surface area contributed by atoms with E-state index in [0.29, 0.717) is 17.2 Å². The third-order valence-corrected chi connectivity index (χ3v) is 4.89. The number of carbonyl (C=O) groups excluding carboxylic acids is 2. The molecule has 2 aromatic carbocycles. The molecule has 144 valence electrons. The summed E-state index contributed by atoms with van der Waals surface area (Å²) in [5.74, 6) is -0.235. The molecule has 0 unspecified atom stereocenters. The molecule has 0 heterocycles. The number of anilines is 1. The number of sulfonamides is 1. The first kappa shape index (κ1) is 20.2. The average Bonchev–Trinajstić information content (AvgIpc) is 2.66. The molecular formula is C17H19N3O6S. The summed E-state index contributed by atoms with van der Waals surface area (Å²) in [5, 5.41) is 2.68. The van der Waals surface area contributed by atoms with Crippen molar-refractivity contribution in [1.82, 2.24) is 4.72 Å². The van der Waals surface area contributed by atoms with Crippen molar-refractivity contribution >= 4 is 27.5 Å². The fourth-order valence-electron chi connectivity index (χ4n) is 2.12. The van der Waals surface area contributed by atoms with Gasteiger partial charge in [-0.25, -0.2) is 13.1 Å². The average molecular weight is 393 g/mol. The number of ether oxygens (including phenoxy) is 2. The van der Waals surface area contributed by atoms with E-state index in [1.54, 1.807) is 18.2 Å². The SMILES string of the molecule is COc1cc(NC(=O)c2ccc(S(=O)(=O)NCC(N)=O)cc2)cc(OC)c1. The van der Waals surface area contributed by atoms with Gasteiger partial charge in [-0.3, -0.25) is 9.59 Å². The van der Waals surface area contributed by atoms with Crippen molar-refractivity contribution in [2.24, 2.45) is 5.73 Å². The van der Waals surface area contributed by atoms with Crippen LogP contribution in [0.1, 0.15) is 10.4 Å². The Bertz CT molecular complexity index is 919. The van der Waals surface area contributed by atoms with Gasteiger partial charge in [-0.15, -0.1) is 0 Å². The van der Waals surface area contributed by atoms with Crippen molar-refractivity contribution in [2.75, 3.05) is 26.1 Å². The highest BCUT2D eigenvalue weighted by Gasteiger charge is 2.16. The van der Waals surface area contributed by atoms with Gasteiger partial charge in [-0.05, 0) is 24.3 Å². The minimum Gasteiger partial charge on any atom is -0.497 e. The van der Waals surface area contributed by atoms with Crippen LogP contribution < -0.4 is 25.2 Å². The molecule has 0 atom stereocenters. The molecule has 0 aliphatic heterocycles. The summed E-state index contributed by atoms with van der Waals surface area (Å²) >= 11 is 0.